The van der Waals surface area contributed by atoms with Gasteiger partial charge in [-0.05, 0) is 31.0 Å². The molecule has 8 nitrogen and oxygen atoms in total. The molecule has 0 spiro atoms. The van der Waals surface area contributed by atoms with E-state index in [1.165, 1.54) is 6.07 Å². The van der Waals surface area contributed by atoms with Gasteiger partial charge in [-0.1, -0.05) is 17.7 Å². The lowest BCUT2D eigenvalue weighted by molar-refractivity contribution is -0.0672. The van der Waals surface area contributed by atoms with Crippen molar-refractivity contribution < 1.29 is 23.7 Å². The van der Waals surface area contributed by atoms with E-state index >= 15 is 0 Å². The minimum Gasteiger partial charge on any atom is -0.491 e. The van der Waals surface area contributed by atoms with Crippen molar-refractivity contribution in [3.63, 3.8) is 0 Å². The summed E-state index contributed by atoms with van der Waals surface area (Å²) in [7, 11) is 0. The van der Waals surface area contributed by atoms with Crippen molar-refractivity contribution in [1.29, 1.82) is 0 Å². The SMILES string of the molecule is OC[C@@H]1CC[C@@H](Oc2nc3nc(NC4COc5cccc(F)c54)c(Cl)cc3[nH]2)CO1. The molecule has 2 aromatic heterocycles. The van der Waals surface area contributed by atoms with Crippen molar-refractivity contribution >= 4 is 28.6 Å². The van der Waals surface area contributed by atoms with E-state index in [2.05, 4.69) is 20.3 Å². The number of rotatable bonds is 5. The van der Waals surface area contributed by atoms with Gasteiger partial charge in [0, 0.05) is 0 Å². The second kappa shape index (κ2) is 7.90. The van der Waals surface area contributed by atoms with Crippen LogP contribution in [0.15, 0.2) is 24.3 Å². The predicted octanol–water partition coefficient (Wildman–Crippen LogP) is 3.21. The van der Waals surface area contributed by atoms with Crippen molar-refractivity contribution in [1.82, 2.24) is 15.0 Å². The van der Waals surface area contributed by atoms with Crippen molar-refractivity contribution in [2.75, 3.05) is 25.1 Å². The summed E-state index contributed by atoms with van der Waals surface area (Å²) in [6.07, 6.45) is 1.19. The molecule has 3 N–H and O–H groups in total. The Morgan fingerprint density at radius 3 is 3.00 bits per heavy atom. The number of aromatic nitrogens is 3. The van der Waals surface area contributed by atoms with Crippen LogP contribution < -0.4 is 14.8 Å². The minimum atomic E-state index is -0.405. The third kappa shape index (κ3) is 3.64. The van der Waals surface area contributed by atoms with Gasteiger partial charge in [-0.2, -0.15) is 4.98 Å². The zero-order valence-electron chi connectivity index (χ0n) is 15.9. The number of anilines is 1. The first-order chi connectivity index (χ1) is 14.6. The van der Waals surface area contributed by atoms with E-state index in [9.17, 15) is 4.39 Å². The standard InChI is InChI=1S/C20H20ClFN4O4/c21-12-6-14-19(26-20(24-14)30-11-5-4-10(7-27)28-8-11)25-18(12)23-15-9-29-16-3-1-2-13(22)17(15)16/h1-3,6,10-11,15,27H,4-5,7-9H2,(H2,23,24,25,26)/t10-,11+,15?/m0/s1. The number of halogens is 2. The molecule has 0 amide bonds. The second-order valence-corrected chi connectivity index (χ2v) is 7.75. The first kappa shape index (κ1) is 19.3. The fourth-order valence-electron chi connectivity index (χ4n) is 3.75. The van der Waals surface area contributed by atoms with Crippen molar-refractivity contribution in [3.8, 4) is 11.8 Å². The summed E-state index contributed by atoms with van der Waals surface area (Å²) < 4.78 is 31.2. The molecule has 1 fully saturated rings. The zero-order valence-corrected chi connectivity index (χ0v) is 16.7. The molecule has 4 heterocycles. The summed E-state index contributed by atoms with van der Waals surface area (Å²) in [4.78, 5) is 11.9. The number of H-pyrrole nitrogens is 1. The zero-order chi connectivity index (χ0) is 20.7. The van der Waals surface area contributed by atoms with Crippen molar-refractivity contribution in [3.05, 3.63) is 40.7 Å². The number of aliphatic hydroxyl groups excluding tert-OH is 1. The van der Waals surface area contributed by atoms with Gasteiger partial charge in [-0.25, -0.2) is 9.37 Å². The molecule has 5 rings (SSSR count). The van der Waals surface area contributed by atoms with E-state index in [0.29, 0.717) is 45.9 Å². The van der Waals surface area contributed by atoms with E-state index in [1.807, 2.05) is 0 Å². The molecule has 1 aromatic carbocycles. The van der Waals surface area contributed by atoms with E-state index in [1.54, 1.807) is 18.2 Å². The smallest absolute Gasteiger partial charge is 0.296 e. The Labute approximate surface area is 176 Å². The Hall–Kier alpha value is -2.62. The molecule has 1 saturated heterocycles. The number of pyridine rings is 1. The second-order valence-electron chi connectivity index (χ2n) is 7.35. The highest BCUT2D eigenvalue weighted by molar-refractivity contribution is 6.33. The van der Waals surface area contributed by atoms with Crippen LogP contribution in [0.2, 0.25) is 5.02 Å². The molecule has 3 aromatic rings. The first-order valence-electron chi connectivity index (χ1n) is 9.74. The van der Waals surface area contributed by atoms with E-state index in [-0.39, 0.29) is 31.2 Å². The fraction of sp³-hybridized carbons (Fsp3) is 0.400. The number of hydrogen-bond donors (Lipinski definition) is 3. The van der Waals surface area contributed by atoms with Crippen LogP contribution in [0.3, 0.4) is 0 Å². The van der Waals surface area contributed by atoms with Crippen LogP contribution in [0.4, 0.5) is 10.2 Å². The molecule has 2 aliphatic rings. The van der Waals surface area contributed by atoms with Gasteiger partial charge in [0.15, 0.2) is 5.65 Å². The molecule has 3 atom stereocenters. The lowest BCUT2D eigenvalue weighted by atomic mass is 10.1. The first-order valence-corrected chi connectivity index (χ1v) is 10.1. The molecule has 2 aliphatic heterocycles. The Balaban J connectivity index is 1.34. The molecule has 0 saturated carbocycles. The summed E-state index contributed by atoms with van der Waals surface area (Å²) >= 11 is 6.39. The highest BCUT2D eigenvalue weighted by Gasteiger charge is 2.29. The van der Waals surface area contributed by atoms with E-state index in [4.69, 9.17) is 30.9 Å². The normalized spacial score (nSPS) is 23.2. The van der Waals surface area contributed by atoms with Gasteiger partial charge in [-0.15, -0.1) is 0 Å². The van der Waals surface area contributed by atoms with Crippen LogP contribution in [0.25, 0.3) is 11.2 Å². The average molecular weight is 435 g/mol. The van der Waals surface area contributed by atoms with E-state index in [0.717, 1.165) is 12.8 Å². The summed E-state index contributed by atoms with van der Waals surface area (Å²) in [5, 5.41) is 12.7. The van der Waals surface area contributed by atoms with Crippen molar-refractivity contribution in [2.45, 2.75) is 31.1 Å². The fourth-order valence-corrected chi connectivity index (χ4v) is 3.95. The quantitative estimate of drug-likeness (QED) is 0.566. The third-order valence-corrected chi connectivity index (χ3v) is 5.58. The largest absolute Gasteiger partial charge is 0.491 e. The number of nitrogens with zero attached hydrogens (tertiary/aromatic N) is 2. The number of aliphatic hydroxyl groups is 1. The summed E-state index contributed by atoms with van der Waals surface area (Å²) in [5.41, 5.74) is 1.51. The number of imidazole rings is 1. The highest BCUT2D eigenvalue weighted by atomic mass is 35.5. The lowest BCUT2D eigenvalue weighted by Crippen LogP contribution is -2.35. The van der Waals surface area contributed by atoms with Crippen LogP contribution in [0, 0.1) is 5.82 Å². The highest BCUT2D eigenvalue weighted by Crippen LogP contribution is 2.37. The molecule has 10 heteroatoms. The maximum absolute atomic E-state index is 14.2. The number of ether oxygens (including phenoxy) is 3. The minimum absolute atomic E-state index is 0.00988. The number of fused-ring (bicyclic) bond motifs is 2. The van der Waals surface area contributed by atoms with Crippen LogP contribution in [0.1, 0.15) is 24.4 Å². The number of benzene rings is 1. The molecule has 0 aliphatic carbocycles. The molecule has 0 radical (unpaired) electrons. The van der Waals surface area contributed by atoms with Crippen molar-refractivity contribution in [2.24, 2.45) is 0 Å². The van der Waals surface area contributed by atoms with Gasteiger partial charge in [0.05, 0.1) is 41.5 Å². The van der Waals surface area contributed by atoms with Crippen LogP contribution in [-0.2, 0) is 4.74 Å². The number of hydrogen-bond acceptors (Lipinski definition) is 7. The Morgan fingerprint density at radius 1 is 1.30 bits per heavy atom. The summed E-state index contributed by atoms with van der Waals surface area (Å²) in [6.45, 7) is 0.670. The topological polar surface area (TPSA) is 102 Å². The summed E-state index contributed by atoms with van der Waals surface area (Å²) in [5.74, 6) is 0.560. The maximum Gasteiger partial charge on any atom is 0.296 e. The van der Waals surface area contributed by atoms with Gasteiger partial charge in [0.2, 0.25) is 0 Å². The number of aromatic amines is 1. The monoisotopic (exact) mass is 434 g/mol. The molecule has 30 heavy (non-hydrogen) atoms. The third-order valence-electron chi connectivity index (χ3n) is 5.29. The summed E-state index contributed by atoms with van der Waals surface area (Å²) in [6, 6.07) is 6.35. The average Bonchev–Trinajstić information content (AvgIpc) is 3.33. The van der Waals surface area contributed by atoms with Gasteiger partial charge in [-0.3, -0.25) is 0 Å². The van der Waals surface area contributed by atoms with Gasteiger partial charge >= 0.3 is 0 Å². The van der Waals surface area contributed by atoms with Crippen LogP contribution in [-0.4, -0.2) is 52.1 Å². The van der Waals surface area contributed by atoms with Gasteiger partial charge < -0.3 is 29.6 Å². The van der Waals surface area contributed by atoms with E-state index < -0.39 is 6.04 Å². The molecule has 1 unspecified atom stereocenters. The molecule has 0 bridgehead atoms. The molecular weight excluding hydrogens is 415 g/mol. The Kier molecular flexibility index (Phi) is 5.10. The van der Waals surface area contributed by atoms with Gasteiger partial charge in [0.25, 0.3) is 6.01 Å². The maximum atomic E-state index is 14.2. The Morgan fingerprint density at radius 2 is 2.20 bits per heavy atom. The number of nitrogens with one attached hydrogen (secondary N) is 2. The van der Waals surface area contributed by atoms with Crippen LogP contribution in [0.5, 0.6) is 11.8 Å². The Bertz CT molecular complexity index is 1070. The predicted molar refractivity (Wildman–Crippen MR) is 108 cm³/mol. The van der Waals surface area contributed by atoms with Gasteiger partial charge in [0.1, 0.15) is 30.1 Å². The molecule has 158 valence electrons. The van der Waals surface area contributed by atoms with Crippen LogP contribution >= 0.6 is 11.6 Å². The lowest BCUT2D eigenvalue weighted by Gasteiger charge is -2.27. The molecular formula is C20H20ClFN4O4.